The fourth-order valence-corrected chi connectivity index (χ4v) is 3.34. The quantitative estimate of drug-likeness (QED) is 0.475. The zero-order chi connectivity index (χ0) is 10.1. The molecule has 14 heavy (non-hydrogen) atoms. The molecule has 0 aromatic carbocycles. The molecule has 0 atom stereocenters. The van der Waals surface area contributed by atoms with Crippen LogP contribution in [0.25, 0.3) is 0 Å². The Morgan fingerprint density at radius 3 is 1.57 bits per heavy atom. The summed E-state index contributed by atoms with van der Waals surface area (Å²) in [5, 5.41) is 0. The second-order valence-corrected chi connectivity index (χ2v) is 5.60. The molecule has 3 fully saturated rings. The molecule has 8 heteroatoms. The van der Waals surface area contributed by atoms with Gasteiger partial charge in [0.1, 0.15) is 0 Å². The van der Waals surface area contributed by atoms with Crippen LogP contribution in [-0.4, -0.2) is 63.9 Å². The maximum atomic E-state index is 11.1. The minimum absolute atomic E-state index is 0.0646. The number of carbonyl (C=O) groups excluding carboxylic acids is 3. The molecule has 0 unspecified atom stereocenters. The van der Waals surface area contributed by atoms with Crippen LogP contribution in [0.3, 0.4) is 0 Å². The zero-order valence-corrected chi connectivity index (χ0v) is 9.52. The summed E-state index contributed by atoms with van der Waals surface area (Å²) in [5.74, 6) is -1.52. The van der Waals surface area contributed by atoms with Gasteiger partial charge in [-0.15, -0.1) is 0 Å². The average molecular weight is 310 g/mol. The molecule has 0 aromatic rings. The van der Waals surface area contributed by atoms with E-state index in [1.165, 1.54) is 4.90 Å². The van der Waals surface area contributed by atoms with Crippen LogP contribution in [-0.2, 0) is 23.4 Å². The first-order valence-electron chi connectivity index (χ1n) is 3.78. The Kier molecular flexibility index (Phi) is 2.60. The van der Waals surface area contributed by atoms with Crippen molar-refractivity contribution in [1.29, 1.82) is 0 Å². The third-order valence-electron chi connectivity index (χ3n) is 1.59. The number of hydrogen-bond acceptors (Lipinski definition) is 7. The molecule has 76 valence electrons. The molecule has 0 N–H and O–H groups in total. The molecule has 3 saturated heterocycles. The van der Waals surface area contributed by atoms with E-state index in [9.17, 15) is 14.4 Å². The normalized spacial score (nSPS) is 24.4. The Balaban J connectivity index is 2.22. The summed E-state index contributed by atoms with van der Waals surface area (Å²) in [6.07, 6.45) is 0. The van der Waals surface area contributed by atoms with E-state index in [0.29, 0.717) is 0 Å². The molecule has 0 saturated carbocycles. The van der Waals surface area contributed by atoms with Gasteiger partial charge in [-0.3, -0.25) is 0 Å². The Morgan fingerprint density at radius 2 is 1.21 bits per heavy atom. The van der Waals surface area contributed by atoms with Crippen LogP contribution in [0.2, 0.25) is 0 Å². The summed E-state index contributed by atoms with van der Waals surface area (Å²) in [4.78, 5) is 34.5. The number of fused-ring (bicyclic) bond motifs is 6. The van der Waals surface area contributed by atoms with Crippen molar-refractivity contribution in [2.75, 3.05) is 19.6 Å². The maximum absolute atomic E-state index is 11.1. The van der Waals surface area contributed by atoms with E-state index in [1.807, 2.05) is 0 Å². The van der Waals surface area contributed by atoms with E-state index < -0.39 is 39.4 Å². The zero-order valence-electron chi connectivity index (χ0n) is 6.97. The predicted octanol–water partition coefficient (Wildman–Crippen LogP) is -2.07. The molecule has 0 aromatic heterocycles. The number of nitrogens with zero attached hydrogens (tertiary/aromatic N) is 1. The Morgan fingerprint density at radius 1 is 0.857 bits per heavy atom. The first kappa shape index (κ1) is 9.73. The molecule has 3 aliphatic rings. The van der Waals surface area contributed by atoms with Crippen molar-refractivity contribution in [2.24, 2.45) is 0 Å². The molecular formula is C6H6NO6Sb. The molecule has 2 bridgehead atoms. The first-order chi connectivity index (χ1) is 6.63. The van der Waals surface area contributed by atoms with E-state index >= 15 is 0 Å². The number of carbonyl (C=O) groups is 3. The fourth-order valence-electron chi connectivity index (χ4n) is 1.11. The molecule has 0 spiro atoms. The summed E-state index contributed by atoms with van der Waals surface area (Å²) in [7, 11) is 0. The van der Waals surface area contributed by atoms with Gasteiger partial charge < -0.3 is 0 Å². The molecule has 0 amide bonds. The van der Waals surface area contributed by atoms with Crippen molar-refractivity contribution in [3.05, 3.63) is 0 Å². The van der Waals surface area contributed by atoms with E-state index in [0.717, 1.165) is 0 Å². The summed E-state index contributed by atoms with van der Waals surface area (Å²) in [6.45, 7) is -0.194. The Bertz CT molecular complexity index is 233. The van der Waals surface area contributed by atoms with E-state index in [2.05, 4.69) is 0 Å². The van der Waals surface area contributed by atoms with Crippen LogP contribution in [0.4, 0.5) is 0 Å². The molecular weight excluding hydrogens is 304 g/mol. The van der Waals surface area contributed by atoms with Crippen LogP contribution < -0.4 is 0 Å². The molecule has 0 radical (unpaired) electrons. The van der Waals surface area contributed by atoms with Crippen molar-refractivity contribution in [2.45, 2.75) is 0 Å². The standard InChI is InChI=1S/C6H9NO6.Sb/c8-4(9)1-7(2-5(10)11)3-6(12)13;/h1-3H2,(H,8,9)(H,10,11)(H,12,13);/q;+3/p-3. The van der Waals surface area contributed by atoms with Crippen LogP contribution in [0.1, 0.15) is 0 Å². The molecule has 3 rings (SSSR count). The van der Waals surface area contributed by atoms with Crippen molar-refractivity contribution in [3.63, 3.8) is 0 Å². The van der Waals surface area contributed by atoms with Crippen molar-refractivity contribution in [3.8, 4) is 0 Å². The van der Waals surface area contributed by atoms with Gasteiger partial charge in [0.2, 0.25) is 0 Å². The van der Waals surface area contributed by atoms with Gasteiger partial charge in [0, 0.05) is 0 Å². The third-order valence-corrected chi connectivity index (χ3v) is 4.61. The average Bonchev–Trinajstić information content (AvgIpc) is 1.96. The predicted molar refractivity (Wildman–Crippen MR) is 40.5 cm³/mol. The van der Waals surface area contributed by atoms with Gasteiger partial charge in [0.05, 0.1) is 0 Å². The topological polar surface area (TPSA) is 82.1 Å². The number of rotatable bonds is 0. The second kappa shape index (κ2) is 3.74. The first-order valence-corrected chi connectivity index (χ1v) is 6.91. The molecule has 3 heterocycles. The van der Waals surface area contributed by atoms with E-state index in [4.69, 9.17) is 9.05 Å². The monoisotopic (exact) mass is 309 g/mol. The van der Waals surface area contributed by atoms with Gasteiger partial charge in [-0.2, -0.15) is 0 Å². The summed E-state index contributed by atoms with van der Waals surface area (Å²) < 4.78 is 14.2. The van der Waals surface area contributed by atoms with Gasteiger partial charge in [0.25, 0.3) is 0 Å². The van der Waals surface area contributed by atoms with Crippen molar-refractivity contribution in [1.82, 2.24) is 4.90 Å². The second-order valence-electron chi connectivity index (χ2n) is 2.76. The van der Waals surface area contributed by atoms with Gasteiger partial charge in [0.15, 0.2) is 0 Å². The molecule has 3 aliphatic heterocycles. The van der Waals surface area contributed by atoms with Crippen LogP contribution in [0, 0.1) is 0 Å². The molecule has 0 aliphatic carbocycles. The van der Waals surface area contributed by atoms with Gasteiger partial charge in [-0.1, -0.05) is 0 Å². The molecule has 7 nitrogen and oxygen atoms in total. The van der Waals surface area contributed by atoms with Gasteiger partial charge in [-0.25, -0.2) is 0 Å². The van der Waals surface area contributed by atoms with Crippen LogP contribution in [0.5, 0.6) is 0 Å². The van der Waals surface area contributed by atoms with E-state index in [1.54, 1.807) is 0 Å². The van der Waals surface area contributed by atoms with E-state index in [-0.39, 0.29) is 19.6 Å². The fraction of sp³-hybridized carbons (Fsp3) is 0.500. The number of hydrogen-bond donors (Lipinski definition) is 0. The van der Waals surface area contributed by atoms with Gasteiger partial charge in [-0.05, 0) is 0 Å². The third kappa shape index (κ3) is 2.16. The SMILES string of the molecule is O=C1CN2CC(=O)[O][Sb]([O]1)[O]C(=O)C2. The van der Waals surface area contributed by atoms with Gasteiger partial charge >= 0.3 is 87.3 Å². The summed E-state index contributed by atoms with van der Waals surface area (Å²) in [6, 6.07) is 0. The minimum atomic E-state index is -3.36. The van der Waals surface area contributed by atoms with Crippen molar-refractivity contribution < 1.29 is 23.4 Å². The Labute approximate surface area is 87.5 Å². The summed E-state index contributed by atoms with van der Waals surface area (Å²) in [5.41, 5.74) is 0. The Hall–Kier alpha value is -0.812. The van der Waals surface area contributed by atoms with Crippen molar-refractivity contribution >= 4 is 39.4 Å². The van der Waals surface area contributed by atoms with Crippen LogP contribution in [0.15, 0.2) is 0 Å². The van der Waals surface area contributed by atoms with Crippen LogP contribution >= 0.6 is 0 Å². The summed E-state index contributed by atoms with van der Waals surface area (Å²) >= 11 is -3.36.